The van der Waals surface area contributed by atoms with E-state index in [4.69, 9.17) is 23.2 Å². The molecule has 1 aromatic rings. The maximum absolute atomic E-state index is 9.88. The van der Waals surface area contributed by atoms with E-state index in [-0.39, 0.29) is 6.54 Å². The number of rotatable bonds is 3. The van der Waals surface area contributed by atoms with E-state index in [0.717, 1.165) is 5.69 Å². The lowest BCUT2D eigenvalue weighted by Gasteiger charge is -2.02. The van der Waals surface area contributed by atoms with E-state index in [9.17, 15) is 4.79 Å². The van der Waals surface area contributed by atoms with Crippen molar-refractivity contribution in [3.8, 4) is 0 Å². The van der Waals surface area contributed by atoms with Crippen LogP contribution in [0.15, 0.2) is 18.2 Å². The van der Waals surface area contributed by atoms with Crippen molar-refractivity contribution < 1.29 is 4.79 Å². The molecule has 0 fully saturated rings. The molecule has 0 aliphatic carbocycles. The highest BCUT2D eigenvalue weighted by Crippen LogP contribution is 2.24. The monoisotopic (exact) mass is 202 g/mol. The maximum Gasteiger partial charge on any atom is 0.219 e. The van der Waals surface area contributed by atoms with Gasteiger partial charge in [-0.15, -0.1) is 0 Å². The van der Waals surface area contributed by atoms with Crippen LogP contribution < -0.4 is 5.32 Å². The van der Waals surface area contributed by atoms with Crippen LogP contribution in [0.25, 0.3) is 0 Å². The average Bonchev–Trinajstić information content (AvgIpc) is 2.07. The normalized spacial score (nSPS) is 9.50. The van der Waals surface area contributed by atoms with Crippen LogP contribution >= 0.6 is 23.2 Å². The number of carbonyl (C=O) groups excluding carboxylic acids is 1. The Kier molecular flexibility index (Phi) is 3.38. The molecule has 0 spiro atoms. The molecule has 63 valence electrons. The first-order chi connectivity index (χ1) is 5.74. The second-order valence-corrected chi connectivity index (χ2v) is 2.94. The van der Waals surface area contributed by atoms with Gasteiger partial charge in [-0.25, -0.2) is 0 Å². The van der Waals surface area contributed by atoms with Gasteiger partial charge in [-0.2, -0.15) is 0 Å². The van der Waals surface area contributed by atoms with Crippen LogP contribution in [0.4, 0.5) is 5.69 Å². The number of hydrogen-bond acceptors (Lipinski definition) is 2. The highest BCUT2D eigenvalue weighted by atomic mass is 35.5. The second-order valence-electron chi connectivity index (χ2n) is 2.13. The van der Waals surface area contributed by atoms with E-state index in [1.807, 2.05) is 0 Å². The lowest BCUT2D eigenvalue weighted by molar-refractivity contribution is 0.557. The van der Waals surface area contributed by atoms with Crippen LogP contribution in [0, 0.1) is 0 Å². The van der Waals surface area contributed by atoms with Crippen molar-refractivity contribution in [1.29, 1.82) is 0 Å². The topological polar surface area (TPSA) is 29.1 Å². The summed E-state index contributed by atoms with van der Waals surface area (Å²) in [5.41, 5.74) is 0.757. The molecule has 0 saturated carbocycles. The second kappa shape index (κ2) is 4.33. The molecule has 0 atom stereocenters. The van der Waals surface area contributed by atoms with Gasteiger partial charge in [0.05, 0.1) is 16.6 Å². The number of benzene rings is 1. The van der Waals surface area contributed by atoms with Crippen LogP contribution in [-0.2, 0) is 4.79 Å². The van der Waals surface area contributed by atoms with E-state index in [0.29, 0.717) is 10.0 Å². The van der Waals surface area contributed by atoms with Crippen molar-refractivity contribution in [3.63, 3.8) is 0 Å². The summed E-state index contributed by atoms with van der Waals surface area (Å²) in [7, 11) is 0. The van der Waals surface area contributed by atoms with Crippen molar-refractivity contribution in [1.82, 2.24) is 0 Å². The molecule has 0 unspecified atom stereocenters. The fraction of sp³-hybridized carbons (Fsp3) is 0.125. The molecule has 0 saturated heterocycles. The van der Waals surface area contributed by atoms with Crippen molar-refractivity contribution in [2.45, 2.75) is 0 Å². The van der Waals surface area contributed by atoms with Gasteiger partial charge in [0.15, 0.2) is 0 Å². The Hall–Kier alpha value is -0.730. The van der Waals surface area contributed by atoms with Crippen molar-refractivity contribution in [2.75, 3.05) is 11.9 Å². The van der Waals surface area contributed by atoms with E-state index >= 15 is 0 Å². The molecule has 0 aliphatic rings. The highest BCUT2D eigenvalue weighted by Gasteiger charge is 1.97. The van der Waals surface area contributed by atoms with Gasteiger partial charge in [-0.1, -0.05) is 23.2 Å². The Morgan fingerprint density at radius 2 is 2.08 bits per heavy atom. The Labute approximate surface area is 80.5 Å². The SMILES string of the molecule is O=[C]CNc1ccc(Cl)c(Cl)c1. The summed E-state index contributed by atoms with van der Waals surface area (Å²) in [4.78, 5) is 9.88. The van der Waals surface area contributed by atoms with E-state index in [1.54, 1.807) is 24.5 Å². The zero-order chi connectivity index (χ0) is 8.97. The third kappa shape index (κ3) is 2.40. The van der Waals surface area contributed by atoms with Gasteiger partial charge in [0.2, 0.25) is 6.29 Å². The smallest absolute Gasteiger partial charge is 0.219 e. The lowest BCUT2D eigenvalue weighted by atomic mass is 10.3. The van der Waals surface area contributed by atoms with Gasteiger partial charge < -0.3 is 5.32 Å². The summed E-state index contributed by atoms with van der Waals surface area (Å²) >= 11 is 11.4. The third-order valence-electron chi connectivity index (χ3n) is 1.28. The quantitative estimate of drug-likeness (QED) is 0.817. The minimum atomic E-state index is 0.151. The zero-order valence-electron chi connectivity index (χ0n) is 6.10. The Balaban J connectivity index is 2.75. The molecule has 1 aromatic carbocycles. The first-order valence-electron chi connectivity index (χ1n) is 3.28. The van der Waals surface area contributed by atoms with Gasteiger partial charge >= 0.3 is 0 Å². The summed E-state index contributed by atoms with van der Waals surface area (Å²) in [5, 5.41) is 3.76. The van der Waals surface area contributed by atoms with Crippen LogP contribution in [0.1, 0.15) is 0 Å². The molecule has 4 heteroatoms. The Bertz CT molecular complexity index is 288. The molecule has 1 N–H and O–H groups in total. The summed E-state index contributed by atoms with van der Waals surface area (Å²) in [6.45, 7) is 0.151. The molecule has 0 amide bonds. The Morgan fingerprint density at radius 1 is 1.33 bits per heavy atom. The Morgan fingerprint density at radius 3 is 2.67 bits per heavy atom. The van der Waals surface area contributed by atoms with Gasteiger partial charge in [0.25, 0.3) is 0 Å². The average molecular weight is 203 g/mol. The molecule has 0 bridgehead atoms. The first-order valence-corrected chi connectivity index (χ1v) is 4.03. The van der Waals surface area contributed by atoms with E-state index in [2.05, 4.69) is 5.32 Å². The molecule has 0 heterocycles. The number of nitrogens with one attached hydrogen (secondary N) is 1. The summed E-state index contributed by atoms with van der Waals surface area (Å²) in [5.74, 6) is 0. The van der Waals surface area contributed by atoms with Gasteiger partial charge in [-0.05, 0) is 18.2 Å². The molecule has 0 aliphatic heterocycles. The van der Waals surface area contributed by atoms with Gasteiger partial charge in [-0.3, -0.25) is 4.79 Å². The van der Waals surface area contributed by atoms with Crippen LogP contribution in [0.3, 0.4) is 0 Å². The minimum absolute atomic E-state index is 0.151. The van der Waals surface area contributed by atoms with Gasteiger partial charge in [0.1, 0.15) is 0 Å². The summed E-state index contributed by atoms with van der Waals surface area (Å²) < 4.78 is 0. The number of halogens is 2. The zero-order valence-corrected chi connectivity index (χ0v) is 7.62. The van der Waals surface area contributed by atoms with Crippen molar-refractivity contribution >= 4 is 35.2 Å². The maximum atomic E-state index is 9.88. The largest absolute Gasteiger partial charge is 0.377 e. The fourth-order valence-corrected chi connectivity index (χ4v) is 1.04. The molecule has 0 aromatic heterocycles. The predicted octanol–water partition coefficient (Wildman–Crippen LogP) is 2.52. The first kappa shape index (κ1) is 9.36. The molecule has 1 radical (unpaired) electrons. The van der Waals surface area contributed by atoms with Crippen LogP contribution in [0.5, 0.6) is 0 Å². The molecule has 1 rings (SSSR count). The van der Waals surface area contributed by atoms with Crippen LogP contribution in [-0.4, -0.2) is 12.8 Å². The highest BCUT2D eigenvalue weighted by molar-refractivity contribution is 6.42. The predicted molar refractivity (Wildman–Crippen MR) is 50.6 cm³/mol. The summed E-state index contributed by atoms with van der Waals surface area (Å²) in [6.07, 6.45) is 1.71. The number of hydrogen-bond donors (Lipinski definition) is 1. The van der Waals surface area contributed by atoms with E-state index in [1.165, 1.54) is 0 Å². The van der Waals surface area contributed by atoms with Crippen LogP contribution in [0.2, 0.25) is 10.0 Å². The molecule has 2 nitrogen and oxygen atoms in total. The lowest BCUT2D eigenvalue weighted by Crippen LogP contribution is -2.01. The van der Waals surface area contributed by atoms with E-state index < -0.39 is 0 Å². The number of anilines is 1. The molecular formula is C8H6Cl2NO. The summed E-state index contributed by atoms with van der Waals surface area (Å²) in [6, 6.07) is 5.06. The molecular weight excluding hydrogens is 197 g/mol. The third-order valence-corrected chi connectivity index (χ3v) is 2.02. The standard InChI is InChI=1S/C8H6Cl2NO/c9-7-2-1-6(5-8(7)10)11-3-4-12/h1-2,5,11H,3H2. The fourth-order valence-electron chi connectivity index (χ4n) is 0.744. The molecule has 12 heavy (non-hydrogen) atoms. The van der Waals surface area contributed by atoms with Crippen molar-refractivity contribution in [2.24, 2.45) is 0 Å². The van der Waals surface area contributed by atoms with Crippen molar-refractivity contribution in [3.05, 3.63) is 28.2 Å². The van der Waals surface area contributed by atoms with Gasteiger partial charge in [0, 0.05) is 5.69 Å². The minimum Gasteiger partial charge on any atom is -0.377 e.